The van der Waals surface area contributed by atoms with Crippen molar-refractivity contribution in [1.29, 1.82) is 0 Å². The smallest absolute Gasteiger partial charge is 0.240 e. The number of aryl methyl sites for hydroxylation is 2. The molecule has 0 spiro atoms. The molecule has 198 valence electrons. The van der Waals surface area contributed by atoms with E-state index in [1.165, 1.54) is 11.3 Å². The Morgan fingerprint density at radius 1 is 0.921 bits per heavy atom. The van der Waals surface area contributed by atoms with Crippen molar-refractivity contribution in [3.8, 4) is 0 Å². The third-order valence-electron chi connectivity index (χ3n) is 8.30. The van der Waals surface area contributed by atoms with Gasteiger partial charge >= 0.3 is 0 Å². The van der Waals surface area contributed by atoms with Crippen molar-refractivity contribution in [1.82, 2.24) is 4.90 Å². The minimum absolute atomic E-state index is 0.0762. The quantitative estimate of drug-likeness (QED) is 0.351. The maximum atomic E-state index is 14.5. The lowest BCUT2D eigenvalue weighted by Crippen LogP contribution is -2.49. The zero-order chi connectivity index (χ0) is 27.0. The van der Waals surface area contributed by atoms with Gasteiger partial charge in [0.05, 0.1) is 12.0 Å². The first kappa shape index (κ1) is 26.6. The van der Waals surface area contributed by atoms with Gasteiger partial charge in [0.25, 0.3) is 0 Å². The first-order chi connectivity index (χ1) is 18.3. The Balaban J connectivity index is 1.75. The van der Waals surface area contributed by atoms with Gasteiger partial charge in [-0.2, -0.15) is 0 Å². The average Bonchev–Trinajstić information content (AvgIpc) is 3.50. The molecule has 5 nitrogen and oxygen atoms in total. The number of likely N-dealkylation sites (tertiary alicyclic amines) is 1. The summed E-state index contributed by atoms with van der Waals surface area (Å²) in [4.78, 5) is 44.8. The van der Waals surface area contributed by atoms with E-state index in [0.29, 0.717) is 10.6 Å². The van der Waals surface area contributed by atoms with Crippen LogP contribution >= 0.6 is 22.9 Å². The maximum Gasteiger partial charge on any atom is 0.240 e. The Morgan fingerprint density at radius 2 is 1.61 bits per heavy atom. The van der Waals surface area contributed by atoms with E-state index in [9.17, 15) is 14.4 Å². The number of hydrogen-bond donors (Lipinski definition) is 1. The van der Waals surface area contributed by atoms with Gasteiger partial charge in [0.1, 0.15) is 6.04 Å². The number of halogens is 1. The molecule has 1 aliphatic heterocycles. The fourth-order valence-electron chi connectivity index (χ4n) is 6.46. The van der Waals surface area contributed by atoms with Crippen molar-refractivity contribution in [2.45, 2.75) is 64.0 Å². The molecule has 3 aromatic rings. The normalized spacial score (nSPS) is 23.9. The Hall–Kier alpha value is -2.96. The van der Waals surface area contributed by atoms with E-state index in [1.807, 2.05) is 61.7 Å². The number of amides is 2. The molecule has 4 unspecified atom stereocenters. The molecule has 1 aromatic heterocycles. The van der Waals surface area contributed by atoms with Gasteiger partial charge in [-0.25, -0.2) is 0 Å². The lowest BCUT2D eigenvalue weighted by atomic mass is 9.77. The summed E-state index contributed by atoms with van der Waals surface area (Å²) >= 11 is 7.76. The van der Waals surface area contributed by atoms with Crippen LogP contribution < -0.4 is 5.73 Å². The van der Waals surface area contributed by atoms with Crippen LogP contribution in [0.25, 0.3) is 0 Å². The van der Waals surface area contributed by atoms with Crippen LogP contribution in [0.5, 0.6) is 0 Å². The summed E-state index contributed by atoms with van der Waals surface area (Å²) in [6, 6.07) is 15.2. The highest BCUT2D eigenvalue weighted by atomic mass is 35.5. The maximum absolute atomic E-state index is 14.5. The van der Waals surface area contributed by atoms with Crippen LogP contribution in [0, 0.1) is 25.7 Å². The fourth-order valence-corrected chi connectivity index (χ4v) is 7.69. The van der Waals surface area contributed by atoms with Crippen molar-refractivity contribution < 1.29 is 14.4 Å². The number of nitrogens with zero attached hydrogens (tertiary/aromatic N) is 1. The van der Waals surface area contributed by atoms with Gasteiger partial charge in [-0.15, -0.1) is 11.3 Å². The Kier molecular flexibility index (Phi) is 7.73. The summed E-state index contributed by atoms with van der Waals surface area (Å²) in [5.74, 6) is -2.14. The molecule has 5 rings (SSSR count). The number of benzene rings is 2. The topological polar surface area (TPSA) is 80.5 Å². The van der Waals surface area contributed by atoms with Crippen molar-refractivity contribution in [3.63, 3.8) is 0 Å². The number of rotatable bonds is 6. The van der Waals surface area contributed by atoms with Crippen molar-refractivity contribution in [2.75, 3.05) is 0 Å². The lowest BCUT2D eigenvalue weighted by molar-refractivity contribution is -0.144. The Labute approximate surface area is 233 Å². The fraction of sp³-hybridized carbons (Fsp3) is 0.387. The molecular weight excluding hydrogens is 516 g/mol. The monoisotopic (exact) mass is 548 g/mol. The molecule has 1 saturated carbocycles. The molecule has 2 fully saturated rings. The summed E-state index contributed by atoms with van der Waals surface area (Å²) < 4.78 is 0. The highest BCUT2D eigenvalue weighted by Crippen LogP contribution is 2.53. The lowest BCUT2D eigenvalue weighted by Gasteiger charge is -2.35. The summed E-state index contributed by atoms with van der Waals surface area (Å²) in [7, 11) is 0. The van der Waals surface area contributed by atoms with Gasteiger partial charge in [-0.05, 0) is 67.0 Å². The van der Waals surface area contributed by atoms with Crippen LogP contribution in [0.4, 0.5) is 0 Å². The highest BCUT2D eigenvalue weighted by Gasteiger charge is 2.58. The van der Waals surface area contributed by atoms with E-state index < -0.39 is 29.8 Å². The van der Waals surface area contributed by atoms with Gasteiger partial charge in [0, 0.05) is 27.3 Å². The number of hydrogen-bond acceptors (Lipinski definition) is 4. The zero-order valence-corrected chi connectivity index (χ0v) is 23.3. The molecule has 1 aliphatic carbocycles. The summed E-state index contributed by atoms with van der Waals surface area (Å²) in [6.07, 6.45) is 4.64. The molecule has 38 heavy (non-hydrogen) atoms. The highest BCUT2D eigenvalue weighted by molar-refractivity contribution is 7.10. The van der Waals surface area contributed by atoms with E-state index in [-0.39, 0.29) is 17.6 Å². The minimum atomic E-state index is -0.930. The number of Topliss-reactive ketones (excluding diaryl/α,β-unsaturated/α-hetero) is 1. The first-order valence-corrected chi connectivity index (χ1v) is 14.6. The Bertz CT molecular complexity index is 1350. The van der Waals surface area contributed by atoms with Crippen molar-refractivity contribution in [3.05, 3.63) is 92.1 Å². The molecule has 7 heteroatoms. The van der Waals surface area contributed by atoms with Crippen LogP contribution in [0.2, 0.25) is 5.02 Å². The predicted octanol–water partition coefficient (Wildman–Crippen LogP) is 6.62. The van der Waals surface area contributed by atoms with E-state index in [2.05, 4.69) is 0 Å². The van der Waals surface area contributed by atoms with Gasteiger partial charge in [-0.3, -0.25) is 14.4 Å². The average molecular weight is 549 g/mol. The molecule has 0 radical (unpaired) electrons. The summed E-state index contributed by atoms with van der Waals surface area (Å²) in [5, 5.41) is 2.54. The number of ketones is 1. The van der Waals surface area contributed by atoms with Crippen LogP contribution in [0.15, 0.2) is 60.0 Å². The van der Waals surface area contributed by atoms with Crippen LogP contribution in [0.3, 0.4) is 0 Å². The number of thiophene rings is 1. The van der Waals surface area contributed by atoms with E-state index in [0.717, 1.165) is 53.7 Å². The minimum Gasteiger partial charge on any atom is -0.368 e. The van der Waals surface area contributed by atoms with E-state index in [4.69, 9.17) is 17.3 Å². The van der Waals surface area contributed by atoms with Gasteiger partial charge in [0.2, 0.25) is 11.8 Å². The van der Waals surface area contributed by atoms with Gasteiger partial charge in [0.15, 0.2) is 5.78 Å². The number of carbonyl (C=O) groups is 3. The standard InChI is InChI=1S/C31H33ClN2O3S/c1-18-8-6-7-11-23(18)28(35)24-25(29-19(2)16-17-38-29)27(30(33)36)34(31(37)21-9-4-3-5-10-21)26(24)20-12-14-22(32)15-13-20/h6-8,11-17,21,24-27H,3-5,9-10H2,1-2H3,(H2,33,36). The van der Waals surface area contributed by atoms with E-state index >= 15 is 0 Å². The Morgan fingerprint density at radius 3 is 2.21 bits per heavy atom. The zero-order valence-electron chi connectivity index (χ0n) is 21.7. The molecule has 0 bridgehead atoms. The molecular formula is C31H33ClN2O3S. The molecule has 1 saturated heterocycles. The second kappa shape index (κ2) is 11.0. The molecule has 2 heterocycles. The van der Waals surface area contributed by atoms with Crippen LogP contribution in [0.1, 0.15) is 76.0 Å². The molecule has 2 N–H and O–H groups in total. The molecule has 2 aromatic carbocycles. The van der Waals surface area contributed by atoms with Crippen LogP contribution in [-0.2, 0) is 9.59 Å². The summed E-state index contributed by atoms with van der Waals surface area (Å²) in [6.45, 7) is 3.91. The van der Waals surface area contributed by atoms with Crippen LogP contribution in [-0.4, -0.2) is 28.5 Å². The van der Waals surface area contributed by atoms with Gasteiger partial charge < -0.3 is 10.6 Å². The predicted molar refractivity (Wildman–Crippen MR) is 151 cm³/mol. The second-order valence-corrected chi connectivity index (χ2v) is 12.0. The molecule has 4 atom stereocenters. The van der Waals surface area contributed by atoms with Crippen molar-refractivity contribution in [2.24, 2.45) is 17.6 Å². The second-order valence-electron chi connectivity index (χ2n) is 10.6. The number of nitrogens with two attached hydrogens (primary N) is 1. The van der Waals surface area contributed by atoms with Crippen molar-refractivity contribution >= 4 is 40.5 Å². The molecule has 2 aliphatic rings. The number of carbonyl (C=O) groups excluding carboxylic acids is 3. The third-order valence-corrected chi connectivity index (χ3v) is 9.67. The SMILES string of the molecule is Cc1ccccc1C(=O)C1C(c2sccc2C)C(C(N)=O)N(C(=O)C2CCCCC2)C1c1ccc(Cl)cc1. The largest absolute Gasteiger partial charge is 0.368 e. The number of primary amides is 1. The molecule has 2 amide bonds. The summed E-state index contributed by atoms with van der Waals surface area (Å²) in [5.41, 5.74) is 9.38. The first-order valence-electron chi connectivity index (χ1n) is 13.3. The van der Waals surface area contributed by atoms with Gasteiger partial charge in [-0.1, -0.05) is 67.3 Å². The van der Waals surface area contributed by atoms with E-state index in [1.54, 1.807) is 17.0 Å². The third kappa shape index (κ3) is 4.80.